The average Bonchev–Trinajstić information content (AvgIpc) is 3.08. The zero-order valence-corrected chi connectivity index (χ0v) is 15.3. The molecule has 3 aromatic rings. The monoisotopic (exact) mass is 407 g/mol. The van der Waals surface area contributed by atoms with Gasteiger partial charge in [-0.2, -0.15) is 18.0 Å². The molecule has 1 atom stereocenters. The molecule has 146 valence electrons. The fourth-order valence-electron chi connectivity index (χ4n) is 3.08. The number of benzene rings is 2. The van der Waals surface area contributed by atoms with Crippen LogP contribution < -0.4 is 0 Å². The molecular formula is C19H16F3N3O2S. The van der Waals surface area contributed by atoms with E-state index in [0.29, 0.717) is 10.9 Å². The Balaban J connectivity index is 1.93. The van der Waals surface area contributed by atoms with E-state index < -0.39 is 39.8 Å². The van der Waals surface area contributed by atoms with E-state index in [1.165, 1.54) is 30.5 Å². The van der Waals surface area contributed by atoms with Gasteiger partial charge in [0.05, 0.1) is 17.2 Å². The van der Waals surface area contributed by atoms with Crippen LogP contribution >= 0.6 is 0 Å². The Morgan fingerprint density at radius 2 is 1.71 bits per heavy atom. The first-order chi connectivity index (χ1) is 13.2. The van der Waals surface area contributed by atoms with Crippen molar-refractivity contribution in [2.45, 2.75) is 23.4 Å². The minimum Gasteiger partial charge on any atom is -0.362 e. The maximum Gasteiger partial charge on any atom is 0.396 e. The van der Waals surface area contributed by atoms with Gasteiger partial charge < -0.3 is 10.5 Å². The maximum atomic E-state index is 13.8. The molecule has 0 spiro atoms. The summed E-state index contributed by atoms with van der Waals surface area (Å²) in [5.41, 5.74) is 9.26. The molecule has 1 N–H and O–H groups in total. The van der Waals surface area contributed by atoms with Gasteiger partial charge in [0, 0.05) is 17.1 Å². The summed E-state index contributed by atoms with van der Waals surface area (Å²) in [5.74, 6) is -2.82. The highest BCUT2D eigenvalue weighted by molar-refractivity contribution is 7.92. The fraction of sp³-hybridized carbons (Fsp3) is 0.211. The number of aromatic nitrogens is 1. The van der Waals surface area contributed by atoms with Gasteiger partial charge in [-0.15, -0.1) is 0 Å². The minimum atomic E-state index is -4.66. The number of nitrogens with one attached hydrogen (secondary N) is 1. The molecule has 28 heavy (non-hydrogen) atoms. The second-order valence-corrected chi connectivity index (χ2v) is 8.32. The van der Waals surface area contributed by atoms with Crippen molar-refractivity contribution in [3.05, 3.63) is 71.9 Å². The van der Waals surface area contributed by atoms with Crippen LogP contribution in [-0.4, -0.2) is 35.8 Å². The van der Waals surface area contributed by atoms with Gasteiger partial charge in [0.1, 0.15) is 0 Å². The van der Waals surface area contributed by atoms with Crippen LogP contribution in [0, 0.1) is 0 Å². The molecule has 0 aliphatic rings. The third-order valence-electron chi connectivity index (χ3n) is 4.43. The molecule has 0 unspecified atom stereocenters. The first kappa shape index (κ1) is 19.9. The second-order valence-electron chi connectivity index (χ2n) is 6.33. The summed E-state index contributed by atoms with van der Waals surface area (Å²) >= 11 is 0. The average molecular weight is 407 g/mol. The number of fused-ring (bicyclic) bond motifs is 1. The fourth-order valence-corrected chi connectivity index (χ4v) is 4.43. The van der Waals surface area contributed by atoms with Crippen molar-refractivity contribution >= 4 is 26.5 Å². The third-order valence-corrected chi connectivity index (χ3v) is 6.14. The largest absolute Gasteiger partial charge is 0.396 e. The zero-order chi connectivity index (χ0) is 20.4. The molecule has 3 rings (SSSR count). The van der Waals surface area contributed by atoms with E-state index in [1.54, 1.807) is 30.3 Å². The van der Waals surface area contributed by atoms with Crippen LogP contribution in [-0.2, 0) is 9.84 Å². The molecular weight excluding hydrogens is 391 g/mol. The van der Waals surface area contributed by atoms with Gasteiger partial charge in [0.25, 0.3) is 5.71 Å². The standard InChI is InChI=1S/C19H16F3N3O2S/c20-19(21,22)17(16-11-24-18-9-5-4-8-15(16)18)10-13(25-23)12-28(26,27)14-6-2-1-3-7-14/h1-9,11,17,24H,10,12H2/t17-/m0/s1. The highest BCUT2D eigenvalue weighted by Crippen LogP contribution is 2.40. The quantitative estimate of drug-likeness (QED) is 0.374. The van der Waals surface area contributed by atoms with Crippen LogP contribution in [0.25, 0.3) is 16.4 Å². The molecule has 0 saturated carbocycles. The van der Waals surface area contributed by atoms with Crippen LogP contribution in [0.1, 0.15) is 17.9 Å². The van der Waals surface area contributed by atoms with Crippen molar-refractivity contribution in [2.75, 3.05) is 5.75 Å². The van der Waals surface area contributed by atoms with E-state index in [2.05, 4.69) is 9.77 Å². The first-order valence-electron chi connectivity index (χ1n) is 8.32. The van der Waals surface area contributed by atoms with Crippen molar-refractivity contribution in [3.63, 3.8) is 0 Å². The lowest BCUT2D eigenvalue weighted by atomic mass is 9.93. The molecule has 5 nitrogen and oxygen atoms in total. The van der Waals surface area contributed by atoms with Gasteiger partial charge in [-0.1, -0.05) is 36.4 Å². The Labute approximate surface area is 159 Å². The van der Waals surface area contributed by atoms with Crippen molar-refractivity contribution in [1.82, 2.24) is 4.98 Å². The van der Waals surface area contributed by atoms with E-state index >= 15 is 0 Å². The van der Waals surface area contributed by atoms with Crippen molar-refractivity contribution < 1.29 is 26.4 Å². The Kier molecular flexibility index (Phi) is 5.40. The number of sulfone groups is 1. The van der Waals surface area contributed by atoms with Crippen LogP contribution in [0.5, 0.6) is 0 Å². The summed E-state index contributed by atoms with van der Waals surface area (Å²) in [4.78, 5) is 5.61. The van der Waals surface area contributed by atoms with Gasteiger partial charge in [-0.3, -0.25) is 0 Å². The molecule has 0 radical (unpaired) electrons. The number of hydrogen-bond donors (Lipinski definition) is 1. The first-order valence-corrected chi connectivity index (χ1v) is 9.98. The number of rotatable bonds is 6. The highest BCUT2D eigenvalue weighted by Gasteiger charge is 2.44. The van der Waals surface area contributed by atoms with Crippen LogP contribution in [0.2, 0.25) is 0 Å². The van der Waals surface area contributed by atoms with E-state index in [9.17, 15) is 27.1 Å². The Morgan fingerprint density at radius 3 is 2.36 bits per heavy atom. The summed E-state index contributed by atoms with van der Waals surface area (Å²) in [6.07, 6.45) is -4.17. The molecule has 1 heterocycles. The van der Waals surface area contributed by atoms with Crippen LogP contribution in [0.3, 0.4) is 0 Å². The van der Waals surface area contributed by atoms with E-state index in [-0.39, 0.29) is 10.5 Å². The van der Waals surface area contributed by atoms with Crippen molar-refractivity contribution in [3.8, 4) is 0 Å². The minimum absolute atomic E-state index is 0.0265. The van der Waals surface area contributed by atoms with Gasteiger partial charge in [-0.25, -0.2) is 8.42 Å². The summed E-state index contributed by atoms with van der Waals surface area (Å²) in [7, 11) is -3.94. The Hall–Kier alpha value is -2.90. The number of H-pyrrole nitrogens is 1. The van der Waals surface area contributed by atoms with Crippen molar-refractivity contribution in [1.29, 1.82) is 0 Å². The number of alkyl halides is 3. The predicted molar refractivity (Wildman–Crippen MR) is 98.8 cm³/mol. The molecule has 0 bridgehead atoms. The number of aromatic amines is 1. The predicted octanol–water partition coefficient (Wildman–Crippen LogP) is 4.35. The Morgan fingerprint density at radius 1 is 1.07 bits per heavy atom. The van der Waals surface area contributed by atoms with E-state index in [1.807, 2.05) is 0 Å². The molecule has 0 aliphatic heterocycles. The van der Waals surface area contributed by atoms with Gasteiger partial charge >= 0.3 is 6.18 Å². The number of para-hydroxylation sites is 1. The topological polar surface area (TPSA) is 86.3 Å². The smallest absolute Gasteiger partial charge is 0.362 e. The van der Waals surface area contributed by atoms with Gasteiger partial charge in [-0.05, 0) is 23.8 Å². The lowest BCUT2D eigenvalue weighted by Gasteiger charge is -2.18. The molecule has 9 heteroatoms. The summed E-state index contributed by atoms with van der Waals surface area (Å²) in [5, 5.41) is 0.382. The van der Waals surface area contributed by atoms with Crippen LogP contribution in [0.15, 0.2) is 65.7 Å². The summed E-state index contributed by atoms with van der Waals surface area (Å²) in [6.45, 7) is 0. The SMILES string of the molecule is [N-]=[N+]=C(C[C@@H](c1c[nH]c2ccccc12)C(F)(F)F)CS(=O)(=O)c1ccccc1. The summed E-state index contributed by atoms with van der Waals surface area (Å²) < 4.78 is 66.2. The van der Waals surface area contributed by atoms with Gasteiger partial charge in [0.2, 0.25) is 0 Å². The number of nitrogens with zero attached hydrogens (tertiary/aromatic N) is 2. The Bertz CT molecular complexity index is 1130. The highest BCUT2D eigenvalue weighted by atomic mass is 32.2. The molecule has 0 aliphatic carbocycles. The molecule has 0 fully saturated rings. The molecule has 1 aromatic heterocycles. The number of halogens is 3. The zero-order valence-electron chi connectivity index (χ0n) is 14.5. The van der Waals surface area contributed by atoms with Gasteiger partial charge in [0.15, 0.2) is 15.6 Å². The number of hydrogen-bond acceptors (Lipinski definition) is 2. The van der Waals surface area contributed by atoms with E-state index in [4.69, 9.17) is 0 Å². The molecule has 0 amide bonds. The lowest BCUT2D eigenvalue weighted by molar-refractivity contribution is -0.150. The third kappa shape index (κ3) is 4.16. The van der Waals surface area contributed by atoms with Crippen molar-refractivity contribution in [2.24, 2.45) is 0 Å². The van der Waals surface area contributed by atoms with E-state index in [0.717, 1.165) is 0 Å². The maximum absolute atomic E-state index is 13.8. The van der Waals surface area contributed by atoms with Crippen LogP contribution in [0.4, 0.5) is 13.2 Å². The second kappa shape index (κ2) is 7.61. The molecule has 0 saturated heterocycles. The molecule has 2 aromatic carbocycles. The normalized spacial score (nSPS) is 13.2. The lowest BCUT2D eigenvalue weighted by Crippen LogP contribution is -2.27. The summed E-state index contributed by atoms with van der Waals surface area (Å²) in [6, 6.07) is 13.8.